The summed E-state index contributed by atoms with van der Waals surface area (Å²) in [6.45, 7) is 14.7. The van der Waals surface area contributed by atoms with Crippen LogP contribution in [0.15, 0.2) is 30.3 Å². The molecule has 25 heavy (non-hydrogen) atoms. The molecule has 0 aromatic heterocycles. The number of carbonyl (C=O) groups excluding carboxylic acids is 2. The maximum Gasteiger partial charge on any atom is 0.247 e. The zero-order chi connectivity index (χ0) is 19.3. The molecule has 2 amide bonds. The number of carbonyl (C=O) groups is 2. The van der Waals surface area contributed by atoms with Crippen LogP contribution in [0.1, 0.15) is 59.6 Å². The largest absolute Gasteiger partial charge is 0.350 e. The topological polar surface area (TPSA) is 49.4 Å². The van der Waals surface area contributed by atoms with Crippen molar-refractivity contribution in [1.82, 2.24) is 10.2 Å². The molecule has 0 heterocycles. The van der Waals surface area contributed by atoms with Gasteiger partial charge in [0.1, 0.15) is 0 Å². The molecular formula is C21H32N2O2. The Hall–Kier alpha value is -2.10. The Labute approximate surface area is 152 Å². The summed E-state index contributed by atoms with van der Waals surface area (Å²) in [6, 6.07) is 8.18. The van der Waals surface area contributed by atoms with E-state index in [1.54, 1.807) is 6.08 Å². The Morgan fingerprint density at radius 1 is 1.04 bits per heavy atom. The molecule has 0 atom stereocenters. The van der Waals surface area contributed by atoms with E-state index in [2.05, 4.69) is 38.2 Å². The van der Waals surface area contributed by atoms with Crippen LogP contribution >= 0.6 is 0 Å². The molecule has 0 spiro atoms. The predicted octanol–water partition coefficient (Wildman–Crippen LogP) is 3.76. The molecular weight excluding hydrogens is 312 g/mol. The van der Waals surface area contributed by atoms with Gasteiger partial charge in [-0.1, -0.05) is 45.0 Å². The van der Waals surface area contributed by atoms with Crippen LogP contribution in [-0.2, 0) is 15.0 Å². The van der Waals surface area contributed by atoms with Gasteiger partial charge in [-0.25, -0.2) is 0 Å². The zero-order valence-electron chi connectivity index (χ0n) is 16.6. The highest BCUT2D eigenvalue weighted by Crippen LogP contribution is 2.22. The fourth-order valence-electron chi connectivity index (χ4n) is 2.34. The number of hydrogen-bond acceptors (Lipinski definition) is 2. The maximum atomic E-state index is 12.3. The smallest absolute Gasteiger partial charge is 0.247 e. The van der Waals surface area contributed by atoms with E-state index in [1.165, 1.54) is 16.5 Å². The maximum absolute atomic E-state index is 12.3. The van der Waals surface area contributed by atoms with E-state index in [1.807, 2.05) is 39.8 Å². The molecule has 0 aliphatic heterocycles. The van der Waals surface area contributed by atoms with Crippen molar-refractivity contribution in [2.45, 2.75) is 59.4 Å². The van der Waals surface area contributed by atoms with Gasteiger partial charge >= 0.3 is 0 Å². The number of nitrogens with zero attached hydrogens (tertiary/aromatic N) is 1. The number of nitrogens with one attached hydrogen (secondary N) is 1. The average Bonchev–Trinajstić information content (AvgIpc) is 2.48. The summed E-state index contributed by atoms with van der Waals surface area (Å²) in [5, 5.41) is 2.88. The number of likely N-dealkylation sites (N-methyl/N-ethyl adjacent to an activating group) is 1. The first-order chi connectivity index (χ1) is 11.4. The minimum Gasteiger partial charge on any atom is -0.350 e. The van der Waals surface area contributed by atoms with Crippen LogP contribution in [0.25, 0.3) is 6.08 Å². The molecule has 1 aromatic carbocycles. The summed E-state index contributed by atoms with van der Waals surface area (Å²) in [6.07, 6.45) is 3.32. The Bertz CT molecular complexity index is 617. The molecule has 0 aliphatic rings. The first kappa shape index (κ1) is 20.9. The van der Waals surface area contributed by atoms with Crippen molar-refractivity contribution in [1.29, 1.82) is 0 Å². The third kappa shape index (κ3) is 7.55. The molecule has 1 N–H and O–H groups in total. The molecule has 0 radical (unpaired) electrons. The molecule has 0 saturated heterocycles. The molecule has 1 aromatic rings. The lowest BCUT2D eigenvalue weighted by molar-refractivity contribution is -0.132. The van der Waals surface area contributed by atoms with Crippen molar-refractivity contribution < 1.29 is 9.59 Å². The van der Waals surface area contributed by atoms with Gasteiger partial charge in [-0.3, -0.25) is 9.59 Å². The van der Waals surface area contributed by atoms with Gasteiger partial charge in [0.05, 0.1) is 6.54 Å². The van der Waals surface area contributed by atoms with Crippen molar-refractivity contribution in [2.24, 2.45) is 0 Å². The van der Waals surface area contributed by atoms with Crippen LogP contribution < -0.4 is 5.32 Å². The number of hydrogen-bond donors (Lipinski definition) is 1. The fraction of sp³-hybridized carbons (Fsp3) is 0.524. The quantitative estimate of drug-likeness (QED) is 0.827. The van der Waals surface area contributed by atoms with Gasteiger partial charge < -0.3 is 10.2 Å². The van der Waals surface area contributed by atoms with E-state index in [9.17, 15) is 9.59 Å². The highest BCUT2D eigenvalue weighted by Gasteiger charge is 2.18. The number of benzene rings is 1. The van der Waals surface area contributed by atoms with E-state index >= 15 is 0 Å². The van der Waals surface area contributed by atoms with Crippen LogP contribution in [0.5, 0.6) is 0 Å². The average molecular weight is 344 g/mol. The summed E-state index contributed by atoms with van der Waals surface area (Å²) in [5.74, 6) is -0.308. The van der Waals surface area contributed by atoms with Crippen molar-refractivity contribution >= 4 is 17.9 Å². The van der Waals surface area contributed by atoms with E-state index in [4.69, 9.17) is 0 Å². The summed E-state index contributed by atoms with van der Waals surface area (Å²) >= 11 is 0. The number of rotatable bonds is 5. The summed E-state index contributed by atoms with van der Waals surface area (Å²) in [7, 11) is 0. The highest BCUT2D eigenvalue weighted by atomic mass is 16.2. The number of amides is 2. The summed E-state index contributed by atoms with van der Waals surface area (Å²) in [4.78, 5) is 25.9. The van der Waals surface area contributed by atoms with E-state index < -0.39 is 0 Å². The van der Waals surface area contributed by atoms with E-state index in [0.29, 0.717) is 6.54 Å². The van der Waals surface area contributed by atoms with Gasteiger partial charge in [-0.05, 0) is 50.3 Å². The van der Waals surface area contributed by atoms with Crippen LogP contribution in [0.2, 0.25) is 0 Å². The van der Waals surface area contributed by atoms with E-state index in [0.717, 1.165) is 5.56 Å². The highest BCUT2D eigenvalue weighted by molar-refractivity contribution is 5.94. The van der Waals surface area contributed by atoms with Gasteiger partial charge in [0.25, 0.3) is 0 Å². The van der Waals surface area contributed by atoms with Crippen LogP contribution in [0.4, 0.5) is 0 Å². The van der Waals surface area contributed by atoms with E-state index in [-0.39, 0.29) is 29.3 Å². The van der Waals surface area contributed by atoms with Crippen molar-refractivity contribution in [2.75, 3.05) is 13.1 Å². The Balaban J connectivity index is 2.71. The van der Waals surface area contributed by atoms with Crippen molar-refractivity contribution in [3.63, 3.8) is 0 Å². The normalized spacial score (nSPS) is 12.3. The molecule has 0 unspecified atom stereocenters. The minimum atomic E-state index is -0.301. The zero-order valence-corrected chi connectivity index (χ0v) is 16.6. The lowest BCUT2D eigenvalue weighted by Gasteiger charge is -2.24. The lowest BCUT2D eigenvalue weighted by Crippen LogP contribution is -2.47. The molecule has 1 rings (SSSR count). The van der Waals surface area contributed by atoms with Gasteiger partial charge in [-0.15, -0.1) is 0 Å². The first-order valence-electron chi connectivity index (χ1n) is 8.81. The summed E-state index contributed by atoms with van der Waals surface area (Å²) in [5.41, 5.74) is 2.03. The summed E-state index contributed by atoms with van der Waals surface area (Å²) < 4.78 is 0. The molecule has 0 aliphatic carbocycles. The molecule has 0 fully saturated rings. The lowest BCUT2D eigenvalue weighted by atomic mass is 9.87. The minimum absolute atomic E-state index is 0.0694. The molecule has 4 nitrogen and oxygen atoms in total. The third-order valence-corrected chi connectivity index (χ3v) is 3.74. The Kier molecular flexibility index (Phi) is 6.97. The third-order valence-electron chi connectivity index (χ3n) is 3.74. The molecule has 138 valence electrons. The molecule has 0 saturated carbocycles. The second-order valence-corrected chi connectivity index (χ2v) is 8.36. The standard InChI is InChI=1S/C21H32N2O2/c1-8-23(15-18(24)22-21(5,6)7)19(25)14-11-16-9-12-17(13-10-16)20(2,3)4/h9-14H,8,15H2,1-7H3,(H,22,24)/b14-11+. The second kappa shape index (κ2) is 8.32. The van der Waals surface area contributed by atoms with Gasteiger partial charge in [0.2, 0.25) is 11.8 Å². The first-order valence-corrected chi connectivity index (χ1v) is 8.81. The van der Waals surface area contributed by atoms with Crippen molar-refractivity contribution in [3.05, 3.63) is 41.5 Å². The van der Waals surface area contributed by atoms with Crippen molar-refractivity contribution in [3.8, 4) is 0 Å². The molecule has 4 heteroatoms. The fourth-order valence-corrected chi connectivity index (χ4v) is 2.34. The van der Waals surface area contributed by atoms with Gasteiger partial charge in [0.15, 0.2) is 0 Å². The predicted molar refractivity (Wildman–Crippen MR) is 104 cm³/mol. The van der Waals surface area contributed by atoms with Crippen LogP contribution in [0, 0.1) is 0 Å². The SMILES string of the molecule is CCN(CC(=O)NC(C)(C)C)C(=O)/C=C/c1ccc(C(C)(C)C)cc1. The molecule has 0 bridgehead atoms. The second-order valence-electron chi connectivity index (χ2n) is 8.36. The Morgan fingerprint density at radius 2 is 1.60 bits per heavy atom. The van der Waals surface area contributed by atoms with Gasteiger partial charge in [0, 0.05) is 18.2 Å². The van der Waals surface area contributed by atoms with Gasteiger partial charge in [-0.2, -0.15) is 0 Å². The monoisotopic (exact) mass is 344 g/mol. The van der Waals surface area contributed by atoms with Crippen LogP contribution in [-0.4, -0.2) is 35.3 Å². The van der Waals surface area contributed by atoms with Crippen LogP contribution in [0.3, 0.4) is 0 Å². The Morgan fingerprint density at radius 3 is 2.04 bits per heavy atom.